The molecule has 2 aromatic heterocycles. The Labute approximate surface area is 171 Å². The molecule has 4 aromatic rings. The minimum atomic E-state index is -1.46. The monoisotopic (exact) mass is 382 g/mol. The van der Waals surface area contributed by atoms with Crippen molar-refractivity contribution in [3.05, 3.63) is 115 Å². The maximum atomic E-state index is 9.54. The van der Waals surface area contributed by atoms with Crippen LogP contribution in [0.15, 0.2) is 104 Å². The summed E-state index contributed by atoms with van der Waals surface area (Å²) < 4.78 is 4.20. The van der Waals surface area contributed by atoms with Crippen LogP contribution < -0.4 is 14.6 Å². The Balaban J connectivity index is 1.47. The van der Waals surface area contributed by atoms with Crippen molar-refractivity contribution in [2.24, 2.45) is 0 Å². The van der Waals surface area contributed by atoms with E-state index in [1.807, 2.05) is 41.2 Å². The molecule has 4 nitrogen and oxygen atoms in total. The zero-order valence-corrected chi connectivity index (χ0v) is 16.1. The third kappa shape index (κ3) is 4.77. The fourth-order valence-electron chi connectivity index (χ4n) is 3.43. The first kappa shape index (κ1) is 19.1. The lowest BCUT2D eigenvalue weighted by Crippen LogP contribution is -2.40. The summed E-state index contributed by atoms with van der Waals surface area (Å²) in [5.41, 5.74) is 5.01. The van der Waals surface area contributed by atoms with E-state index in [9.17, 15) is 10.0 Å². The van der Waals surface area contributed by atoms with E-state index in [1.165, 1.54) is 5.56 Å². The first-order valence-corrected chi connectivity index (χ1v) is 9.65. The van der Waals surface area contributed by atoms with Gasteiger partial charge in [0.1, 0.15) is 0 Å². The predicted octanol–water partition coefficient (Wildman–Crippen LogP) is 1.70. The van der Waals surface area contributed by atoms with Crippen molar-refractivity contribution in [3.63, 3.8) is 0 Å². The van der Waals surface area contributed by atoms with Gasteiger partial charge in [-0.3, -0.25) is 0 Å². The highest BCUT2D eigenvalue weighted by Crippen LogP contribution is 2.15. The molecule has 0 atom stereocenters. The molecule has 0 aliphatic carbocycles. The summed E-state index contributed by atoms with van der Waals surface area (Å²) >= 11 is 0. The summed E-state index contributed by atoms with van der Waals surface area (Å²) in [4.78, 5) is 0. The quantitative estimate of drug-likeness (QED) is 0.394. The van der Waals surface area contributed by atoms with Gasteiger partial charge in [0.15, 0.2) is 37.9 Å². The summed E-state index contributed by atoms with van der Waals surface area (Å²) in [5.74, 6) is 0. The molecular formula is C24H23BN2O2+2. The van der Waals surface area contributed by atoms with Crippen LogP contribution in [0, 0.1) is 0 Å². The number of rotatable bonds is 6. The van der Waals surface area contributed by atoms with Crippen molar-refractivity contribution < 1.29 is 19.2 Å². The highest BCUT2D eigenvalue weighted by atomic mass is 16.4. The fourth-order valence-corrected chi connectivity index (χ4v) is 3.43. The number of nitrogens with zero attached hydrogens (tertiary/aromatic N) is 2. The summed E-state index contributed by atoms with van der Waals surface area (Å²) in [6, 6.07) is 26.2. The topological polar surface area (TPSA) is 48.2 Å². The van der Waals surface area contributed by atoms with E-state index in [0.29, 0.717) is 12.0 Å². The van der Waals surface area contributed by atoms with Gasteiger partial charge in [-0.15, -0.1) is 0 Å². The van der Waals surface area contributed by atoms with Crippen molar-refractivity contribution in [3.8, 4) is 11.1 Å². The second-order valence-corrected chi connectivity index (χ2v) is 7.08. The lowest BCUT2D eigenvalue weighted by molar-refractivity contribution is -0.688. The molecule has 0 amide bonds. The first-order valence-electron chi connectivity index (χ1n) is 9.65. The van der Waals surface area contributed by atoms with E-state index < -0.39 is 7.12 Å². The number of hydrogen-bond acceptors (Lipinski definition) is 2. The van der Waals surface area contributed by atoms with Crippen molar-refractivity contribution in [1.82, 2.24) is 0 Å². The molecule has 0 aliphatic rings. The first-order chi connectivity index (χ1) is 14.2. The Kier molecular flexibility index (Phi) is 5.80. The zero-order chi connectivity index (χ0) is 20.1. The third-order valence-corrected chi connectivity index (χ3v) is 5.01. The second kappa shape index (κ2) is 8.82. The molecule has 142 valence electrons. The van der Waals surface area contributed by atoms with E-state index in [1.54, 1.807) is 6.07 Å². The number of aromatic nitrogens is 2. The van der Waals surface area contributed by atoms with Gasteiger partial charge in [0, 0.05) is 35.4 Å². The Morgan fingerprint density at radius 2 is 1.10 bits per heavy atom. The van der Waals surface area contributed by atoms with Crippen molar-refractivity contribution in [2.75, 3.05) is 0 Å². The molecule has 2 aromatic carbocycles. The van der Waals surface area contributed by atoms with Gasteiger partial charge in [-0.1, -0.05) is 54.6 Å². The molecule has 0 aliphatic heterocycles. The molecular weight excluding hydrogens is 359 g/mol. The lowest BCUT2D eigenvalue weighted by atomic mass is 9.77. The molecule has 4 rings (SSSR count). The predicted molar refractivity (Wildman–Crippen MR) is 113 cm³/mol. The molecule has 0 bridgehead atoms. The second-order valence-electron chi connectivity index (χ2n) is 7.08. The van der Waals surface area contributed by atoms with Crippen LogP contribution >= 0.6 is 0 Å². The average Bonchev–Trinajstić information content (AvgIpc) is 2.76. The zero-order valence-electron chi connectivity index (χ0n) is 16.1. The smallest absolute Gasteiger partial charge is 0.423 e. The van der Waals surface area contributed by atoms with Crippen LogP contribution in [0.2, 0.25) is 0 Å². The maximum Gasteiger partial charge on any atom is 0.488 e. The molecule has 2 heterocycles. The largest absolute Gasteiger partial charge is 0.488 e. The highest BCUT2D eigenvalue weighted by Gasteiger charge is 2.17. The molecule has 0 fully saturated rings. The number of benzene rings is 2. The van der Waals surface area contributed by atoms with Crippen LogP contribution in [0.4, 0.5) is 0 Å². The Morgan fingerprint density at radius 1 is 0.586 bits per heavy atom. The molecule has 29 heavy (non-hydrogen) atoms. The van der Waals surface area contributed by atoms with Crippen molar-refractivity contribution in [1.29, 1.82) is 0 Å². The molecule has 0 unspecified atom stereocenters. The Bertz CT molecular complexity index is 1070. The molecule has 0 radical (unpaired) electrons. The van der Waals surface area contributed by atoms with Crippen LogP contribution in [0.5, 0.6) is 0 Å². The van der Waals surface area contributed by atoms with Crippen LogP contribution in [0.1, 0.15) is 11.1 Å². The van der Waals surface area contributed by atoms with Gasteiger partial charge >= 0.3 is 7.12 Å². The minimum Gasteiger partial charge on any atom is -0.423 e. The maximum absolute atomic E-state index is 9.54. The SMILES string of the molecule is OB(O)c1ccccc1C[n+]1ccc(-c2cc[n+](Cc3ccccc3)cc2)cc1. The van der Waals surface area contributed by atoms with Crippen molar-refractivity contribution >= 4 is 12.6 Å². The van der Waals surface area contributed by atoms with Crippen LogP contribution in [-0.2, 0) is 13.1 Å². The number of pyridine rings is 2. The Hall–Kier alpha value is -3.28. The highest BCUT2D eigenvalue weighted by molar-refractivity contribution is 6.59. The summed E-state index contributed by atoms with van der Waals surface area (Å²) in [6.45, 7) is 1.44. The molecule has 0 spiro atoms. The fraction of sp³-hybridized carbons (Fsp3) is 0.0833. The number of hydrogen-bond donors (Lipinski definition) is 2. The van der Waals surface area contributed by atoms with Gasteiger partial charge in [0.2, 0.25) is 0 Å². The van der Waals surface area contributed by atoms with E-state index >= 15 is 0 Å². The molecule has 0 saturated carbocycles. The van der Waals surface area contributed by atoms with Gasteiger partial charge < -0.3 is 10.0 Å². The summed E-state index contributed by atoms with van der Waals surface area (Å²) in [5, 5.41) is 19.1. The van der Waals surface area contributed by atoms with E-state index in [-0.39, 0.29) is 0 Å². The van der Waals surface area contributed by atoms with Gasteiger partial charge in [-0.05, 0) is 16.6 Å². The van der Waals surface area contributed by atoms with Crippen molar-refractivity contribution in [2.45, 2.75) is 13.1 Å². The van der Waals surface area contributed by atoms with E-state index in [0.717, 1.165) is 23.2 Å². The standard InChI is InChI=1S/C24H23BN2O2/c28-25(29)24-9-5-4-8-23(24)19-27-16-12-22(13-17-27)21-10-14-26(15-11-21)18-20-6-2-1-3-7-20/h1-17,28-29H,18-19H2/q+2. The van der Waals surface area contributed by atoms with E-state index in [2.05, 4.69) is 65.5 Å². The third-order valence-electron chi connectivity index (χ3n) is 5.01. The van der Waals surface area contributed by atoms with Gasteiger partial charge in [0.25, 0.3) is 0 Å². The van der Waals surface area contributed by atoms with Crippen LogP contribution in [0.3, 0.4) is 0 Å². The average molecular weight is 382 g/mol. The minimum absolute atomic E-state index is 0.537. The van der Waals surface area contributed by atoms with Crippen LogP contribution in [0.25, 0.3) is 11.1 Å². The van der Waals surface area contributed by atoms with Gasteiger partial charge in [-0.2, -0.15) is 0 Å². The van der Waals surface area contributed by atoms with E-state index in [4.69, 9.17) is 0 Å². The summed E-state index contributed by atoms with van der Waals surface area (Å²) in [6.07, 6.45) is 8.23. The Morgan fingerprint density at radius 3 is 1.69 bits per heavy atom. The normalized spacial score (nSPS) is 10.7. The molecule has 0 saturated heterocycles. The van der Waals surface area contributed by atoms with Gasteiger partial charge in [-0.25, -0.2) is 9.13 Å². The van der Waals surface area contributed by atoms with Gasteiger partial charge in [0.05, 0.1) is 0 Å². The lowest BCUT2D eigenvalue weighted by Gasteiger charge is -2.06. The van der Waals surface area contributed by atoms with Crippen LogP contribution in [-0.4, -0.2) is 17.2 Å². The molecule has 2 N–H and O–H groups in total. The molecule has 5 heteroatoms. The summed E-state index contributed by atoms with van der Waals surface area (Å²) in [7, 11) is -1.46.